The van der Waals surface area contributed by atoms with Gasteiger partial charge in [-0.1, -0.05) is 0 Å². The highest BCUT2D eigenvalue weighted by molar-refractivity contribution is 5.86. The average molecular weight is 276 g/mol. The summed E-state index contributed by atoms with van der Waals surface area (Å²) in [6, 6.07) is 5.46. The molecule has 6 nitrogen and oxygen atoms in total. The van der Waals surface area contributed by atoms with E-state index in [9.17, 15) is 9.18 Å². The van der Waals surface area contributed by atoms with Gasteiger partial charge in [0.2, 0.25) is 0 Å². The SMILES string of the molecule is CCOC(=O)c1coc(Oc2ccc(C#N)cc2F)n1. The van der Waals surface area contributed by atoms with Crippen LogP contribution in [0.2, 0.25) is 0 Å². The second kappa shape index (κ2) is 5.84. The smallest absolute Gasteiger partial charge is 0.400 e. The number of esters is 1. The molecule has 2 rings (SSSR count). The molecule has 0 amide bonds. The fourth-order valence-corrected chi connectivity index (χ4v) is 1.35. The molecule has 0 N–H and O–H groups in total. The van der Waals surface area contributed by atoms with Crippen molar-refractivity contribution in [2.45, 2.75) is 6.92 Å². The Bertz CT molecular complexity index is 675. The molecular weight excluding hydrogens is 267 g/mol. The molecule has 102 valence electrons. The summed E-state index contributed by atoms with van der Waals surface area (Å²) in [5, 5.41) is 8.62. The molecule has 1 aromatic heterocycles. The quantitative estimate of drug-likeness (QED) is 0.798. The highest BCUT2D eigenvalue weighted by Crippen LogP contribution is 2.24. The predicted octanol–water partition coefficient (Wildman–Crippen LogP) is 2.65. The van der Waals surface area contributed by atoms with Gasteiger partial charge in [0.25, 0.3) is 0 Å². The van der Waals surface area contributed by atoms with Crippen molar-refractivity contribution in [1.29, 1.82) is 5.26 Å². The van der Waals surface area contributed by atoms with Crippen LogP contribution < -0.4 is 4.74 Å². The average Bonchev–Trinajstić information content (AvgIpc) is 2.90. The summed E-state index contributed by atoms with van der Waals surface area (Å²) < 4.78 is 28.2. The predicted molar refractivity (Wildman–Crippen MR) is 63.6 cm³/mol. The molecule has 1 aromatic carbocycles. The van der Waals surface area contributed by atoms with Crippen LogP contribution in [0.5, 0.6) is 11.8 Å². The summed E-state index contributed by atoms with van der Waals surface area (Å²) in [7, 11) is 0. The lowest BCUT2D eigenvalue weighted by atomic mass is 10.2. The molecule has 0 saturated heterocycles. The number of aromatic nitrogens is 1. The first kappa shape index (κ1) is 13.5. The third kappa shape index (κ3) is 2.92. The van der Waals surface area contributed by atoms with Crippen molar-refractivity contribution in [2.75, 3.05) is 6.61 Å². The van der Waals surface area contributed by atoms with Gasteiger partial charge in [0.05, 0.1) is 18.2 Å². The summed E-state index contributed by atoms with van der Waals surface area (Å²) in [5.74, 6) is -1.56. The lowest BCUT2D eigenvalue weighted by Gasteiger charge is -2.01. The van der Waals surface area contributed by atoms with Gasteiger partial charge in [-0.25, -0.2) is 9.18 Å². The molecule has 20 heavy (non-hydrogen) atoms. The fourth-order valence-electron chi connectivity index (χ4n) is 1.35. The van der Waals surface area contributed by atoms with E-state index >= 15 is 0 Å². The molecule has 0 bridgehead atoms. The van der Waals surface area contributed by atoms with E-state index in [4.69, 9.17) is 19.2 Å². The molecule has 0 spiro atoms. The Balaban J connectivity index is 2.15. The fraction of sp³-hybridized carbons (Fsp3) is 0.154. The zero-order chi connectivity index (χ0) is 14.5. The van der Waals surface area contributed by atoms with Crippen LogP contribution in [0.25, 0.3) is 0 Å². The molecule has 0 aliphatic rings. The van der Waals surface area contributed by atoms with E-state index in [1.165, 1.54) is 12.1 Å². The van der Waals surface area contributed by atoms with E-state index in [0.717, 1.165) is 12.3 Å². The van der Waals surface area contributed by atoms with Crippen LogP contribution in [-0.2, 0) is 4.74 Å². The van der Waals surface area contributed by atoms with Crippen molar-refractivity contribution in [2.24, 2.45) is 0 Å². The van der Waals surface area contributed by atoms with Crippen molar-refractivity contribution in [1.82, 2.24) is 4.98 Å². The lowest BCUT2D eigenvalue weighted by Crippen LogP contribution is -2.04. The first-order valence-corrected chi connectivity index (χ1v) is 5.64. The van der Waals surface area contributed by atoms with Gasteiger partial charge in [-0.3, -0.25) is 0 Å². The minimum atomic E-state index is -0.736. The van der Waals surface area contributed by atoms with Gasteiger partial charge >= 0.3 is 12.0 Å². The molecule has 0 atom stereocenters. The second-order valence-corrected chi connectivity index (χ2v) is 3.58. The molecule has 2 aromatic rings. The third-order valence-electron chi connectivity index (χ3n) is 2.23. The third-order valence-corrected chi connectivity index (χ3v) is 2.23. The zero-order valence-electron chi connectivity index (χ0n) is 10.4. The zero-order valence-corrected chi connectivity index (χ0v) is 10.4. The second-order valence-electron chi connectivity index (χ2n) is 3.58. The number of benzene rings is 1. The van der Waals surface area contributed by atoms with E-state index in [2.05, 4.69) is 4.98 Å². The maximum Gasteiger partial charge on any atom is 0.400 e. The number of ether oxygens (including phenoxy) is 2. The first-order valence-electron chi connectivity index (χ1n) is 5.64. The number of nitrogens with zero attached hydrogens (tertiary/aromatic N) is 2. The highest BCUT2D eigenvalue weighted by Gasteiger charge is 2.15. The maximum atomic E-state index is 13.6. The number of halogens is 1. The standard InChI is InChI=1S/C13H9FN2O4/c1-2-18-12(17)10-7-19-13(16-10)20-11-4-3-8(6-15)5-9(11)14/h3-5,7H,2H2,1H3. The van der Waals surface area contributed by atoms with E-state index in [1.807, 2.05) is 0 Å². The summed E-state index contributed by atoms with van der Waals surface area (Å²) in [4.78, 5) is 15.1. The summed E-state index contributed by atoms with van der Waals surface area (Å²) >= 11 is 0. The van der Waals surface area contributed by atoms with Crippen molar-refractivity contribution in [3.8, 4) is 17.9 Å². The van der Waals surface area contributed by atoms with Crippen molar-refractivity contribution in [3.63, 3.8) is 0 Å². The maximum absolute atomic E-state index is 13.6. The van der Waals surface area contributed by atoms with Crippen LogP contribution in [0.15, 0.2) is 28.9 Å². The molecule has 1 heterocycles. The molecule has 0 unspecified atom stereocenters. The monoisotopic (exact) mass is 276 g/mol. The Morgan fingerprint density at radius 2 is 2.35 bits per heavy atom. The number of hydrogen-bond donors (Lipinski definition) is 0. The van der Waals surface area contributed by atoms with Gasteiger partial charge in [-0.2, -0.15) is 10.2 Å². The molecule has 0 aliphatic heterocycles. The number of carbonyl (C=O) groups excluding carboxylic acids is 1. The van der Waals surface area contributed by atoms with Gasteiger partial charge in [0, 0.05) is 0 Å². The Morgan fingerprint density at radius 1 is 1.55 bits per heavy atom. The number of hydrogen-bond acceptors (Lipinski definition) is 6. The lowest BCUT2D eigenvalue weighted by molar-refractivity contribution is 0.0519. The molecule has 0 radical (unpaired) electrons. The van der Waals surface area contributed by atoms with Crippen LogP contribution in [-0.4, -0.2) is 17.6 Å². The largest absolute Gasteiger partial charge is 0.461 e. The minimum Gasteiger partial charge on any atom is -0.461 e. The van der Waals surface area contributed by atoms with Crippen LogP contribution in [0, 0.1) is 17.1 Å². The van der Waals surface area contributed by atoms with Gasteiger partial charge in [0.1, 0.15) is 6.26 Å². The summed E-state index contributed by atoms with van der Waals surface area (Å²) in [6.07, 6.45) is 0.756. The van der Waals surface area contributed by atoms with Crippen LogP contribution >= 0.6 is 0 Å². The highest BCUT2D eigenvalue weighted by atomic mass is 19.1. The summed E-state index contributed by atoms with van der Waals surface area (Å²) in [5.41, 5.74) is 0.0883. The minimum absolute atomic E-state index is 0.0732. The van der Waals surface area contributed by atoms with E-state index in [0.29, 0.717) is 0 Å². The van der Waals surface area contributed by atoms with Crippen LogP contribution in [0.3, 0.4) is 0 Å². The molecular formula is C13H9FN2O4. The summed E-state index contributed by atoms with van der Waals surface area (Å²) in [6.45, 7) is 1.85. The number of oxazole rings is 1. The topological polar surface area (TPSA) is 85.4 Å². The molecule has 0 aliphatic carbocycles. The van der Waals surface area contributed by atoms with E-state index in [1.54, 1.807) is 13.0 Å². The molecule has 0 saturated carbocycles. The van der Waals surface area contributed by atoms with Gasteiger partial charge in [-0.15, -0.1) is 0 Å². The van der Waals surface area contributed by atoms with Crippen molar-refractivity contribution < 1.29 is 23.1 Å². The Hall–Kier alpha value is -2.88. The normalized spacial score (nSPS) is 9.85. The number of nitriles is 1. The Labute approximate surface area is 113 Å². The molecule has 7 heteroatoms. The van der Waals surface area contributed by atoms with Crippen molar-refractivity contribution >= 4 is 5.97 Å². The number of carbonyl (C=O) groups is 1. The Kier molecular flexibility index (Phi) is 3.96. The van der Waals surface area contributed by atoms with Gasteiger partial charge in [0.15, 0.2) is 17.3 Å². The van der Waals surface area contributed by atoms with Gasteiger partial charge < -0.3 is 13.9 Å². The molecule has 0 fully saturated rings. The Morgan fingerprint density at radius 3 is 3.00 bits per heavy atom. The number of rotatable bonds is 4. The van der Waals surface area contributed by atoms with Gasteiger partial charge in [-0.05, 0) is 25.1 Å². The van der Waals surface area contributed by atoms with E-state index < -0.39 is 11.8 Å². The van der Waals surface area contributed by atoms with E-state index in [-0.39, 0.29) is 29.7 Å². The first-order chi connectivity index (χ1) is 9.63. The van der Waals surface area contributed by atoms with Crippen LogP contribution in [0.4, 0.5) is 4.39 Å². The van der Waals surface area contributed by atoms with Crippen LogP contribution in [0.1, 0.15) is 23.0 Å². The van der Waals surface area contributed by atoms with Crippen molar-refractivity contribution in [3.05, 3.63) is 41.5 Å².